The van der Waals surface area contributed by atoms with Gasteiger partial charge >= 0.3 is 0 Å². The van der Waals surface area contributed by atoms with Crippen molar-refractivity contribution in [1.82, 2.24) is 0 Å². The zero-order valence-electron chi connectivity index (χ0n) is 9.95. The molecule has 0 saturated heterocycles. The van der Waals surface area contributed by atoms with Crippen LogP contribution in [0.25, 0.3) is 0 Å². The van der Waals surface area contributed by atoms with Crippen molar-refractivity contribution in [2.24, 2.45) is 5.92 Å². The van der Waals surface area contributed by atoms with E-state index in [4.69, 9.17) is 4.74 Å². The van der Waals surface area contributed by atoms with Gasteiger partial charge in [-0.25, -0.2) is 0 Å². The van der Waals surface area contributed by atoms with E-state index in [1.807, 2.05) is 44.2 Å². The van der Waals surface area contributed by atoms with E-state index in [0.29, 0.717) is 0 Å². The molecule has 0 aliphatic carbocycles. The fourth-order valence-corrected chi connectivity index (χ4v) is 0.771. The Morgan fingerprint density at radius 3 is 1.64 bits per heavy atom. The van der Waals surface area contributed by atoms with Gasteiger partial charge in [0.05, 0.1) is 6.10 Å². The highest BCUT2D eigenvalue weighted by Gasteiger charge is 1.92. The van der Waals surface area contributed by atoms with Gasteiger partial charge in [0.1, 0.15) is 5.75 Å². The summed E-state index contributed by atoms with van der Waals surface area (Å²) in [7, 11) is 0. The first-order chi connectivity index (χ1) is 6.52. The highest BCUT2D eigenvalue weighted by molar-refractivity contribution is 5.20. The number of hydrogen-bond donors (Lipinski definition) is 0. The van der Waals surface area contributed by atoms with Crippen LogP contribution in [-0.2, 0) is 0 Å². The summed E-state index contributed by atoms with van der Waals surface area (Å²) in [6, 6.07) is 9.84. The van der Waals surface area contributed by atoms with Crippen molar-refractivity contribution in [3.63, 3.8) is 0 Å². The van der Waals surface area contributed by atoms with Gasteiger partial charge in [0.25, 0.3) is 0 Å². The van der Waals surface area contributed by atoms with Crippen LogP contribution in [-0.4, -0.2) is 6.10 Å². The van der Waals surface area contributed by atoms with Crippen molar-refractivity contribution < 1.29 is 4.74 Å². The average molecular weight is 194 g/mol. The first kappa shape index (κ1) is 13.0. The summed E-state index contributed by atoms with van der Waals surface area (Å²) in [5.41, 5.74) is 0. The quantitative estimate of drug-likeness (QED) is 0.687. The van der Waals surface area contributed by atoms with Gasteiger partial charge in [-0.05, 0) is 31.9 Å². The van der Waals surface area contributed by atoms with Crippen molar-refractivity contribution in [2.45, 2.75) is 40.7 Å². The summed E-state index contributed by atoms with van der Waals surface area (Å²) in [6.07, 6.45) is 0.266. The lowest BCUT2D eigenvalue weighted by Gasteiger charge is -2.07. The number of para-hydroxylation sites is 1. The first-order valence-corrected chi connectivity index (χ1v) is 5.24. The molecule has 0 radical (unpaired) electrons. The Bertz CT molecular complexity index is 211. The Hall–Kier alpha value is -0.980. The van der Waals surface area contributed by atoms with Crippen LogP contribution in [0.2, 0.25) is 0 Å². The molecule has 0 amide bonds. The minimum absolute atomic E-state index is 0.266. The fourth-order valence-electron chi connectivity index (χ4n) is 0.771. The van der Waals surface area contributed by atoms with E-state index in [0.717, 1.165) is 11.7 Å². The van der Waals surface area contributed by atoms with Gasteiger partial charge in [0.2, 0.25) is 0 Å². The lowest BCUT2D eigenvalue weighted by Crippen LogP contribution is -2.04. The molecule has 80 valence electrons. The molecule has 1 aromatic carbocycles. The Morgan fingerprint density at radius 2 is 1.29 bits per heavy atom. The number of ether oxygens (including phenoxy) is 1. The van der Waals surface area contributed by atoms with Crippen LogP contribution in [0.5, 0.6) is 5.75 Å². The summed E-state index contributed by atoms with van der Waals surface area (Å²) in [5.74, 6) is 1.78. The second-order valence-electron chi connectivity index (χ2n) is 4.21. The fraction of sp³-hybridized carbons (Fsp3) is 0.538. The lowest BCUT2D eigenvalue weighted by molar-refractivity contribution is 0.242. The van der Waals surface area contributed by atoms with Crippen LogP contribution in [0.3, 0.4) is 0 Å². The monoisotopic (exact) mass is 194 g/mol. The third kappa shape index (κ3) is 9.11. The van der Waals surface area contributed by atoms with Crippen LogP contribution in [0.15, 0.2) is 30.3 Å². The minimum atomic E-state index is 0.266. The van der Waals surface area contributed by atoms with Crippen LogP contribution in [0, 0.1) is 5.92 Å². The van der Waals surface area contributed by atoms with Crippen molar-refractivity contribution in [3.8, 4) is 5.75 Å². The molecule has 1 rings (SSSR count). The standard InChI is InChI=1S/C9H12O.C4H10/c1-8(2)10-9-6-4-3-5-7-9;1-4(2)3/h3-8H,1-2H3;4H,1-3H3. The molecule has 0 aliphatic rings. The van der Waals surface area contributed by atoms with Crippen molar-refractivity contribution in [1.29, 1.82) is 0 Å². The number of rotatable bonds is 2. The molecule has 14 heavy (non-hydrogen) atoms. The minimum Gasteiger partial charge on any atom is -0.491 e. The zero-order valence-corrected chi connectivity index (χ0v) is 9.95. The molecule has 0 bridgehead atoms. The molecular formula is C13H22O. The number of benzene rings is 1. The SMILES string of the molecule is CC(C)C.CC(C)Oc1ccccc1. The maximum Gasteiger partial charge on any atom is 0.119 e. The van der Waals surface area contributed by atoms with E-state index in [1.54, 1.807) is 0 Å². The maximum atomic E-state index is 5.41. The summed E-state index contributed by atoms with van der Waals surface area (Å²) in [4.78, 5) is 0. The zero-order chi connectivity index (χ0) is 11.0. The molecule has 0 fully saturated rings. The summed E-state index contributed by atoms with van der Waals surface area (Å²) >= 11 is 0. The molecule has 0 unspecified atom stereocenters. The van der Waals surface area contributed by atoms with Gasteiger partial charge < -0.3 is 4.74 Å². The van der Waals surface area contributed by atoms with Crippen molar-refractivity contribution in [3.05, 3.63) is 30.3 Å². The summed E-state index contributed by atoms with van der Waals surface area (Å²) < 4.78 is 5.41. The van der Waals surface area contributed by atoms with Gasteiger partial charge in [-0.3, -0.25) is 0 Å². The highest BCUT2D eigenvalue weighted by atomic mass is 16.5. The van der Waals surface area contributed by atoms with E-state index in [-0.39, 0.29) is 6.10 Å². The Labute approximate surface area is 88.1 Å². The molecule has 0 atom stereocenters. The van der Waals surface area contributed by atoms with Crippen LogP contribution >= 0.6 is 0 Å². The molecule has 0 aliphatic heterocycles. The first-order valence-electron chi connectivity index (χ1n) is 5.24. The van der Waals surface area contributed by atoms with E-state index < -0.39 is 0 Å². The van der Waals surface area contributed by atoms with Crippen LogP contribution in [0.1, 0.15) is 34.6 Å². The molecule has 0 N–H and O–H groups in total. The molecule has 1 nitrogen and oxygen atoms in total. The average Bonchev–Trinajstić information content (AvgIpc) is 2.03. The smallest absolute Gasteiger partial charge is 0.119 e. The maximum absolute atomic E-state index is 5.41. The van der Waals surface area contributed by atoms with E-state index >= 15 is 0 Å². The van der Waals surface area contributed by atoms with E-state index in [9.17, 15) is 0 Å². The second-order valence-corrected chi connectivity index (χ2v) is 4.21. The third-order valence-electron chi connectivity index (χ3n) is 1.11. The van der Waals surface area contributed by atoms with Gasteiger partial charge in [-0.1, -0.05) is 39.0 Å². The third-order valence-corrected chi connectivity index (χ3v) is 1.11. The normalized spacial score (nSPS) is 9.64. The topological polar surface area (TPSA) is 9.23 Å². The van der Waals surface area contributed by atoms with Crippen LogP contribution < -0.4 is 4.74 Å². The van der Waals surface area contributed by atoms with Crippen LogP contribution in [0.4, 0.5) is 0 Å². The molecule has 0 saturated carbocycles. The molecular weight excluding hydrogens is 172 g/mol. The molecule has 0 spiro atoms. The van der Waals surface area contributed by atoms with Gasteiger partial charge in [-0.2, -0.15) is 0 Å². The van der Waals surface area contributed by atoms with E-state index in [1.165, 1.54) is 0 Å². The second kappa shape index (κ2) is 7.43. The highest BCUT2D eigenvalue weighted by Crippen LogP contribution is 2.09. The molecule has 1 aromatic rings. The van der Waals surface area contributed by atoms with Gasteiger partial charge in [0.15, 0.2) is 0 Å². The van der Waals surface area contributed by atoms with Crippen molar-refractivity contribution >= 4 is 0 Å². The van der Waals surface area contributed by atoms with Gasteiger partial charge in [0, 0.05) is 0 Å². The largest absolute Gasteiger partial charge is 0.491 e. The Balaban J connectivity index is 0.000000364. The summed E-state index contributed by atoms with van der Waals surface area (Å²) in [5, 5.41) is 0. The molecule has 0 heterocycles. The lowest BCUT2D eigenvalue weighted by atomic mass is 10.3. The van der Waals surface area contributed by atoms with Crippen molar-refractivity contribution in [2.75, 3.05) is 0 Å². The Morgan fingerprint density at radius 1 is 0.857 bits per heavy atom. The number of hydrogen-bond acceptors (Lipinski definition) is 1. The van der Waals surface area contributed by atoms with Gasteiger partial charge in [-0.15, -0.1) is 0 Å². The predicted molar refractivity (Wildman–Crippen MR) is 62.7 cm³/mol. The summed E-state index contributed by atoms with van der Waals surface area (Å²) in [6.45, 7) is 10.5. The molecule has 1 heteroatoms. The predicted octanol–water partition coefficient (Wildman–Crippen LogP) is 4.14. The Kier molecular flexibility index (Phi) is 6.91. The van der Waals surface area contributed by atoms with E-state index in [2.05, 4.69) is 20.8 Å². The molecule has 0 aromatic heterocycles.